The zero-order valence-corrected chi connectivity index (χ0v) is 8.79. The third-order valence-electron chi connectivity index (χ3n) is 2.16. The van der Waals surface area contributed by atoms with Crippen LogP contribution >= 0.6 is 11.6 Å². The molecule has 0 unspecified atom stereocenters. The van der Waals surface area contributed by atoms with Crippen molar-refractivity contribution in [1.82, 2.24) is 9.55 Å². The monoisotopic (exact) mass is 225 g/mol. The number of aromatic nitrogens is 2. The van der Waals surface area contributed by atoms with Gasteiger partial charge < -0.3 is 10.3 Å². The lowest BCUT2D eigenvalue weighted by Crippen LogP contribution is -1.96. The lowest BCUT2D eigenvalue weighted by molar-refractivity contribution is 0.628. The van der Waals surface area contributed by atoms with E-state index in [2.05, 4.69) is 4.98 Å². The number of anilines is 1. The van der Waals surface area contributed by atoms with Crippen molar-refractivity contribution >= 4 is 17.5 Å². The molecule has 3 nitrogen and oxygen atoms in total. The smallest absolute Gasteiger partial charge is 0.201 e. The zero-order valence-electron chi connectivity index (χ0n) is 8.04. The van der Waals surface area contributed by atoms with Crippen LogP contribution in [-0.2, 0) is 7.05 Å². The molecule has 0 saturated heterocycles. The highest BCUT2D eigenvalue weighted by atomic mass is 35.5. The summed E-state index contributed by atoms with van der Waals surface area (Å²) >= 11 is 6.00. The number of halogens is 2. The van der Waals surface area contributed by atoms with E-state index in [-0.39, 0.29) is 5.82 Å². The Balaban J connectivity index is 2.59. The van der Waals surface area contributed by atoms with E-state index in [1.807, 2.05) is 0 Å². The van der Waals surface area contributed by atoms with Crippen LogP contribution in [0.2, 0.25) is 5.15 Å². The molecule has 2 rings (SSSR count). The fourth-order valence-electron chi connectivity index (χ4n) is 1.31. The minimum absolute atomic E-state index is 0.305. The fraction of sp³-hybridized carbons (Fsp3) is 0.100. The maximum atomic E-state index is 13.0. The molecule has 5 heteroatoms. The van der Waals surface area contributed by atoms with Crippen LogP contribution in [-0.4, -0.2) is 9.55 Å². The lowest BCUT2D eigenvalue weighted by Gasteiger charge is -1.98. The van der Waals surface area contributed by atoms with E-state index in [9.17, 15) is 4.39 Å². The van der Waals surface area contributed by atoms with E-state index in [1.165, 1.54) is 12.1 Å². The number of imidazole rings is 1. The zero-order chi connectivity index (χ0) is 11.0. The molecule has 78 valence electrons. The maximum Gasteiger partial charge on any atom is 0.201 e. The summed E-state index contributed by atoms with van der Waals surface area (Å²) in [5, 5.41) is 0.401. The van der Waals surface area contributed by atoms with Crippen molar-refractivity contribution < 1.29 is 4.39 Å². The van der Waals surface area contributed by atoms with Crippen LogP contribution in [0.4, 0.5) is 10.3 Å². The first-order valence-corrected chi connectivity index (χ1v) is 4.71. The van der Waals surface area contributed by atoms with Gasteiger partial charge >= 0.3 is 0 Å². The fourth-order valence-corrected chi connectivity index (χ4v) is 1.55. The first-order chi connectivity index (χ1) is 7.09. The van der Waals surface area contributed by atoms with E-state index in [1.54, 1.807) is 23.7 Å². The summed E-state index contributed by atoms with van der Waals surface area (Å²) < 4.78 is 14.5. The minimum Gasteiger partial charge on any atom is -0.369 e. The summed E-state index contributed by atoms with van der Waals surface area (Å²) in [6, 6.07) is 6.07. The van der Waals surface area contributed by atoms with Gasteiger partial charge in [-0.3, -0.25) is 0 Å². The van der Waals surface area contributed by atoms with Gasteiger partial charge in [0.1, 0.15) is 16.7 Å². The van der Waals surface area contributed by atoms with Gasteiger partial charge in [-0.15, -0.1) is 0 Å². The van der Waals surface area contributed by atoms with Crippen LogP contribution in [0.5, 0.6) is 0 Å². The molecule has 0 aliphatic heterocycles. The molecule has 0 fully saturated rings. The Morgan fingerprint density at radius 1 is 1.47 bits per heavy atom. The van der Waals surface area contributed by atoms with Crippen molar-refractivity contribution in [3.05, 3.63) is 35.2 Å². The van der Waals surface area contributed by atoms with Gasteiger partial charge in [0.15, 0.2) is 0 Å². The Kier molecular flexibility index (Phi) is 2.36. The highest BCUT2D eigenvalue weighted by Gasteiger charge is 2.12. The molecule has 0 radical (unpaired) electrons. The van der Waals surface area contributed by atoms with Crippen molar-refractivity contribution in [2.75, 3.05) is 5.73 Å². The highest BCUT2D eigenvalue weighted by Crippen LogP contribution is 2.28. The third-order valence-corrected chi connectivity index (χ3v) is 2.59. The van der Waals surface area contributed by atoms with Crippen LogP contribution in [0.15, 0.2) is 24.3 Å². The molecule has 0 aliphatic rings. The molecular formula is C10H9ClFN3. The summed E-state index contributed by atoms with van der Waals surface area (Å²) in [5.41, 5.74) is 6.70. The minimum atomic E-state index is -0.326. The number of nitrogens with zero attached hydrogens (tertiary/aromatic N) is 2. The van der Waals surface area contributed by atoms with Gasteiger partial charge in [-0.25, -0.2) is 9.37 Å². The SMILES string of the molecule is Cn1c(N)nc(-c2cccc(F)c2)c1Cl. The first-order valence-electron chi connectivity index (χ1n) is 4.33. The standard InChI is InChI=1S/C10H9ClFN3/c1-15-9(11)8(14-10(15)13)6-3-2-4-7(12)5-6/h2-5H,1H3,(H2,13,14). The van der Waals surface area contributed by atoms with Gasteiger partial charge in [0.2, 0.25) is 5.95 Å². The van der Waals surface area contributed by atoms with Crippen molar-refractivity contribution in [3.63, 3.8) is 0 Å². The van der Waals surface area contributed by atoms with Crippen molar-refractivity contribution in [2.45, 2.75) is 0 Å². The van der Waals surface area contributed by atoms with E-state index in [0.29, 0.717) is 22.4 Å². The third kappa shape index (κ3) is 1.68. The second kappa shape index (κ2) is 3.55. The van der Waals surface area contributed by atoms with Gasteiger partial charge in [-0.05, 0) is 12.1 Å². The summed E-state index contributed by atoms with van der Waals surface area (Å²) in [5.74, 6) is -0.0212. The van der Waals surface area contributed by atoms with Gasteiger partial charge in [0.25, 0.3) is 0 Å². The Morgan fingerprint density at radius 3 is 2.73 bits per heavy atom. The number of rotatable bonds is 1. The lowest BCUT2D eigenvalue weighted by atomic mass is 10.2. The summed E-state index contributed by atoms with van der Waals surface area (Å²) in [4.78, 5) is 4.06. The second-order valence-corrected chi connectivity index (χ2v) is 3.54. The van der Waals surface area contributed by atoms with Crippen LogP contribution in [0, 0.1) is 5.82 Å². The molecule has 2 N–H and O–H groups in total. The van der Waals surface area contributed by atoms with Crippen LogP contribution in [0.1, 0.15) is 0 Å². The topological polar surface area (TPSA) is 43.8 Å². The van der Waals surface area contributed by atoms with Crippen molar-refractivity contribution in [2.24, 2.45) is 7.05 Å². The highest BCUT2D eigenvalue weighted by molar-refractivity contribution is 6.32. The average Bonchev–Trinajstić information content (AvgIpc) is 2.46. The van der Waals surface area contributed by atoms with E-state index >= 15 is 0 Å². The number of benzene rings is 1. The van der Waals surface area contributed by atoms with E-state index in [4.69, 9.17) is 17.3 Å². The van der Waals surface area contributed by atoms with Crippen LogP contribution < -0.4 is 5.73 Å². The molecule has 0 atom stereocenters. The normalized spacial score (nSPS) is 10.6. The van der Waals surface area contributed by atoms with Crippen molar-refractivity contribution in [3.8, 4) is 11.3 Å². The number of hydrogen-bond acceptors (Lipinski definition) is 2. The number of nitrogens with two attached hydrogens (primary N) is 1. The molecule has 0 bridgehead atoms. The first kappa shape index (κ1) is 9.98. The number of nitrogen functional groups attached to an aromatic ring is 1. The molecule has 2 aromatic rings. The molecule has 0 amide bonds. The Hall–Kier alpha value is -1.55. The molecule has 1 aromatic carbocycles. The van der Waals surface area contributed by atoms with Crippen molar-refractivity contribution in [1.29, 1.82) is 0 Å². The summed E-state index contributed by atoms with van der Waals surface area (Å²) in [6.07, 6.45) is 0. The predicted octanol–water partition coefficient (Wildman–Crippen LogP) is 2.46. The molecule has 0 aliphatic carbocycles. The van der Waals surface area contributed by atoms with Gasteiger partial charge in [-0.1, -0.05) is 23.7 Å². The van der Waals surface area contributed by atoms with Gasteiger partial charge in [-0.2, -0.15) is 0 Å². The Bertz CT molecular complexity index is 507. The molecule has 1 heterocycles. The Morgan fingerprint density at radius 2 is 2.20 bits per heavy atom. The molecule has 1 aromatic heterocycles. The predicted molar refractivity (Wildman–Crippen MR) is 58.0 cm³/mol. The number of hydrogen-bond donors (Lipinski definition) is 1. The van der Waals surface area contributed by atoms with Crippen LogP contribution in [0.3, 0.4) is 0 Å². The largest absolute Gasteiger partial charge is 0.369 e. The second-order valence-electron chi connectivity index (χ2n) is 3.18. The van der Waals surface area contributed by atoms with E-state index in [0.717, 1.165) is 0 Å². The Labute approximate surface area is 91.3 Å². The average molecular weight is 226 g/mol. The molecular weight excluding hydrogens is 217 g/mol. The molecule has 0 saturated carbocycles. The quantitative estimate of drug-likeness (QED) is 0.810. The van der Waals surface area contributed by atoms with Gasteiger partial charge in [0.05, 0.1) is 0 Å². The van der Waals surface area contributed by atoms with Crippen LogP contribution in [0.25, 0.3) is 11.3 Å². The van der Waals surface area contributed by atoms with Gasteiger partial charge in [0, 0.05) is 12.6 Å². The molecule has 0 spiro atoms. The maximum absolute atomic E-state index is 13.0. The summed E-state index contributed by atoms with van der Waals surface area (Å²) in [7, 11) is 1.70. The van der Waals surface area contributed by atoms with E-state index < -0.39 is 0 Å². The summed E-state index contributed by atoms with van der Waals surface area (Å²) in [6.45, 7) is 0. The molecule has 15 heavy (non-hydrogen) atoms.